The fourth-order valence-electron chi connectivity index (χ4n) is 1.90. The Morgan fingerprint density at radius 3 is 1.72 bits per heavy atom. The van der Waals surface area contributed by atoms with E-state index in [2.05, 4.69) is 36.4 Å². The highest BCUT2D eigenvalue weighted by Crippen LogP contribution is 1.93. The summed E-state index contributed by atoms with van der Waals surface area (Å²) in [4.78, 5) is 2.33. The lowest BCUT2D eigenvalue weighted by molar-refractivity contribution is 0.291. The topological polar surface area (TPSA) is 27.3 Å². The highest BCUT2D eigenvalue weighted by molar-refractivity contribution is 4.62. The number of unbranched alkanes of at least 4 members (excludes halogenated alkanes) is 4. The van der Waals surface area contributed by atoms with E-state index in [4.69, 9.17) is 0 Å². The molecule has 0 bridgehead atoms. The van der Waals surface area contributed by atoms with Gasteiger partial charge in [-0.3, -0.25) is 0 Å². The predicted octanol–water partition coefficient (Wildman–Crippen LogP) is 2.48. The van der Waals surface area contributed by atoms with Crippen molar-refractivity contribution >= 4 is 0 Å². The maximum Gasteiger partial charge on any atom is 0.0104 e. The van der Waals surface area contributed by atoms with Crippen molar-refractivity contribution in [3.05, 3.63) is 0 Å². The van der Waals surface area contributed by atoms with Crippen LogP contribution in [0.25, 0.3) is 0 Å². The Kier molecular flexibility index (Phi) is 14.8. The third-order valence-electron chi connectivity index (χ3n) is 3.25. The molecule has 0 aliphatic carbocycles. The van der Waals surface area contributed by atoms with E-state index in [1.807, 2.05) is 0 Å². The number of likely N-dealkylation sites (N-methyl/N-ethyl adjacent to an activating group) is 1. The fourth-order valence-corrected chi connectivity index (χ4v) is 1.90. The van der Waals surface area contributed by atoms with E-state index in [0.29, 0.717) is 0 Å². The third-order valence-corrected chi connectivity index (χ3v) is 3.25. The van der Waals surface area contributed by atoms with Crippen molar-refractivity contribution in [3.8, 4) is 0 Å². The molecule has 2 N–H and O–H groups in total. The number of piperazine rings is 1. The summed E-state index contributed by atoms with van der Waals surface area (Å²) < 4.78 is 0. The number of hydrogen-bond donors (Lipinski definition) is 2. The smallest absolute Gasteiger partial charge is 0.0104 e. The molecule has 0 saturated carbocycles. The summed E-state index contributed by atoms with van der Waals surface area (Å²) in [7, 11) is 2.15. The van der Waals surface area contributed by atoms with E-state index in [9.17, 15) is 0 Å². The van der Waals surface area contributed by atoms with Gasteiger partial charge >= 0.3 is 0 Å². The van der Waals surface area contributed by atoms with Crippen LogP contribution in [0, 0.1) is 0 Å². The Bertz CT molecular complexity index is 137. The Labute approximate surface area is 115 Å². The second-order valence-electron chi connectivity index (χ2n) is 5.22. The number of rotatable bonds is 8. The van der Waals surface area contributed by atoms with Crippen molar-refractivity contribution in [2.24, 2.45) is 0 Å². The first-order chi connectivity index (χ1) is 8.81. The zero-order valence-electron chi connectivity index (χ0n) is 12.9. The van der Waals surface area contributed by atoms with Crippen LogP contribution in [0.2, 0.25) is 0 Å². The standard InChI is InChI=1S/C10H23N.C5H12N2/c1-3-5-7-9-11-10-8-6-4-2;1-7-4-2-6-3-5-7/h11H,3-10H2,1-2H3;6H,2-5H2,1H3. The van der Waals surface area contributed by atoms with Gasteiger partial charge in [-0.15, -0.1) is 0 Å². The highest BCUT2D eigenvalue weighted by Gasteiger charge is 2.01. The van der Waals surface area contributed by atoms with E-state index in [1.165, 1.54) is 64.7 Å². The molecule has 0 radical (unpaired) electrons. The first-order valence-corrected chi connectivity index (χ1v) is 7.91. The first-order valence-electron chi connectivity index (χ1n) is 7.91. The third kappa shape index (κ3) is 13.9. The average Bonchev–Trinajstić information content (AvgIpc) is 2.39. The van der Waals surface area contributed by atoms with Crippen LogP contribution >= 0.6 is 0 Å². The molecule has 110 valence electrons. The Hall–Kier alpha value is -0.120. The maximum absolute atomic E-state index is 3.46. The summed E-state index contributed by atoms with van der Waals surface area (Å²) in [6.07, 6.45) is 8.11. The van der Waals surface area contributed by atoms with Crippen molar-refractivity contribution in [1.29, 1.82) is 0 Å². The molecule has 0 amide bonds. The molecule has 3 nitrogen and oxygen atoms in total. The summed E-state index contributed by atoms with van der Waals surface area (Å²) in [5.41, 5.74) is 0. The molecular formula is C15H35N3. The molecule has 0 atom stereocenters. The molecule has 1 rings (SSSR count). The SMILES string of the molecule is CCCCCNCCCCC.CN1CCNCC1. The lowest BCUT2D eigenvalue weighted by Gasteiger charge is -2.21. The van der Waals surface area contributed by atoms with Crippen molar-refractivity contribution in [2.75, 3.05) is 46.3 Å². The Morgan fingerprint density at radius 2 is 1.39 bits per heavy atom. The molecular weight excluding hydrogens is 222 g/mol. The zero-order chi connectivity index (χ0) is 13.5. The molecule has 0 aromatic heterocycles. The predicted molar refractivity (Wildman–Crippen MR) is 82.3 cm³/mol. The van der Waals surface area contributed by atoms with Gasteiger partial charge in [-0.05, 0) is 33.0 Å². The fraction of sp³-hybridized carbons (Fsp3) is 1.00. The van der Waals surface area contributed by atoms with Crippen LogP contribution in [-0.2, 0) is 0 Å². The van der Waals surface area contributed by atoms with Gasteiger partial charge in [-0.25, -0.2) is 0 Å². The molecule has 18 heavy (non-hydrogen) atoms. The second kappa shape index (κ2) is 14.9. The van der Waals surface area contributed by atoms with Crippen molar-refractivity contribution in [2.45, 2.75) is 52.4 Å². The van der Waals surface area contributed by atoms with E-state index >= 15 is 0 Å². The molecule has 1 aliphatic heterocycles. The van der Waals surface area contributed by atoms with Gasteiger partial charge in [0.25, 0.3) is 0 Å². The lowest BCUT2D eigenvalue weighted by atomic mass is 10.2. The molecule has 0 unspecified atom stereocenters. The maximum atomic E-state index is 3.46. The van der Waals surface area contributed by atoms with Crippen LogP contribution in [0.4, 0.5) is 0 Å². The lowest BCUT2D eigenvalue weighted by Crippen LogP contribution is -2.40. The van der Waals surface area contributed by atoms with Gasteiger partial charge in [-0.1, -0.05) is 39.5 Å². The largest absolute Gasteiger partial charge is 0.317 e. The van der Waals surface area contributed by atoms with Gasteiger partial charge in [0, 0.05) is 26.2 Å². The number of nitrogens with zero attached hydrogens (tertiary/aromatic N) is 1. The summed E-state index contributed by atoms with van der Waals surface area (Å²) in [6.45, 7) is 11.7. The Morgan fingerprint density at radius 1 is 0.889 bits per heavy atom. The van der Waals surface area contributed by atoms with Crippen LogP contribution < -0.4 is 10.6 Å². The molecule has 1 heterocycles. The summed E-state index contributed by atoms with van der Waals surface area (Å²) in [5.74, 6) is 0. The van der Waals surface area contributed by atoms with Crippen LogP contribution in [0.3, 0.4) is 0 Å². The highest BCUT2D eigenvalue weighted by atomic mass is 15.2. The summed E-state index contributed by atoms with van der Waals surface area (Å²) in [6, 6.07) is 0. The van der Waals surface area contributed by atoms with Gasteiger partial charge in [0.05, 0.1) is 0 Å². The van der Waals surface area contributed by atoms with Crippen LogP contribution in [0.5, 0.6) is 0 Å². The minimum Gasteiger partial charge on any atom is -0.317 e. The molecule has 0 aromatic carbocycles. The molecule has 3 heteroatoms. The van der Waals surface area contributed by atoms with Gasteiger partial charge in [0.15, 0.2) is 0 Å². The number of hydrogen-bond acceptors (Lipinski definition) is 3. The average molecular weight is 257 g/mol. The normalized spacial score (nSPS) is 16.2. The molecule has 1 saturated heterocycles. The molecule has 1 fully saturated rings. The van der Waals surface area contributed by atoms with Crippen molar-refractivity contribution < 1.29 is 0 Å². The summed E-state index contributed by atoms with van der Waals surface area (Å²) >= 11 is 0. The first kappa shape index (κ1) is 17.9. The quantitative estimate of drug-likeness (QED) is 0.654. The number of nitrogens with one attached hydrogen (secondary N) is 2. The van der Waals surface area contributed by atoms with Gasteiger partial charge < -0.3 is 15.5 Å². The zero-order valence-corrected chi connectivity index (χ0v) is 12.9. The minimum absolute atomic E-state index is 1.16. The Balaban J connectivity index is 0.000000351. The van der Waals surface area contributed by atoms with Crippen LogP contribution in [0.15, 0.2) is 0 Å². The van der Waals surface area contributed by atoms with Gasteiger partial charge in [0.2, 0.25) is 0 Å². The minimum atomic E-state index is 1.16. The molecule has 0 aromatic rings. The summed E-state index contributed by atoms with van der Waals surface area (Å²) in [5, 5.41) is 6.73. The van der Waals surface area contributed by atoms with Crippen molar-refractivity contribution in [1.82, 2.24) is 15.5 Å². The molecule has 0 spiro atoms. The van der Waals surface area contributed by atoms with Crippen LogP contribution in [0.1, 0.15) is 52.4 Å². The molecule has 1 aliphatic rings. The van der Waals surface area contributed by atoms with Crippen LogP contribution in [-0.4, -0.2) is 51.2 Å². The van der Waals surface area contributed by atoms with E-state index in [-0.39, 0.29) is 0 Å². The van der Waals surface area contributed by atoms with E-state index < -0.39 is 0 Å². The van der Waals surface area contributed by atoms with Gasteiger partial charge in [0.1, 0.15) is 0 Å². The monoisotopic (exact) mass is 257 g/mol. The van der Waals surface area contributed by atoms with E-state index in [1.54, 1.807) is 0 Å². The van der Waals surface area contributed by atoms with E-state index in [0.717, 1.165) is 13.1 Å². The van der Waals surface area contributed by atoms with Gasteiger partial charge in [-0.2, -0.15) is 0 Å². The second-order valence-corrected chi connectivity index (χ2v) is 5.22. The van der Waals surface area contributed by atoms with Crippen molar-refractivity contribution in [3.63, 3.8) is 0 Å².